The van der Waals surface area contributed by atoms with Crippen LogP contribution in [0.3, 0.4) is 0 Å². The van der Waals surface area contributed by atoms with Crippen molar-refractivity contribution in [2.45, 2.75) is 25.4 Å². The zero-order chi connectivity index (χ0) is 17.2. The zero-order valence-electron chi connectivity index (χ0n) is 13.8. The highest BCUT2D eigenvalue weighted by molar-refractivity contribution is 5.97. The normalized spacial score (nSPS) is 16.8. The van der Waals surface area contributed by atoms with Gasteiger partial charge in [-0.25, -0.2) is 9.07 Å². The third-order valence-corrected chi connectivity index (χ3v) is 4.38. The van der Waals surface area contributed by atoms with Crippen LogP contribution in [0.4, 0.5) is 10.1 Å². The molecule has 1 aromatic heterocycles. The summed E-state index contributed by atoms with van der Waals surface area (Å²) in [4.78, 5) is 12.6. The van der Waals surface area contributed by atoms with Crippen molar-refractivity contribution in [2.24, 2.45) is 0 Å². The van der Waals surface area contributed by atoms with Crippen LogP contribution in [-0.4, -0.2) is 41.5 Å². The molecule has 3 rings (SSSR count). The number of benzene rings is 1. The molecular formula is C17H21FN4O2. The Morgan fingerprint density at radius 1 is 1.42 bits per heavy atom. The summed E-state index contributed by atoms with van der Waals surface area (Å²) in [5, 5.41) is 10.1. The summed E-state index contributed by atoms with van der Waals surface area (Å²) in [6.45, 7) is 3.32. The first kappa shape index (κ1) is 16.6. The van der Waals surface area contributed by atoms with Gasteiger partial charge in [0, 0.05) is 19.0 Å². The molecule has 1 aromatic carbocycles. The van der Waals surface area contributed by atoms with Crippen LogP contribution >= 0.6 is 0 Å². The number of rotatable bonds is 4. The fourth-order valence-electron chi connectivity index (χ4n) is 2.91. The first-order valence-corrected chi connectivity index (χ1v) is 7.93. The second kappa shape index (κ2) is 6.70. The molecule has 7 heteroatoms. The third-order valence-electron chi connectivity index (χ3n) is 4.38. The molecule has 1 fully saturated rings. The van der Waals surface area contributed by atoms with Crippen LogP contribution in [0.5, 0.6) is 0 Å². The fraction of sp³-hybridized carbons (Fsp3) is 0.412. The van der Waals surface area contributed by atoms with Crippen LogP contribution < -0.4 is 10.6 Å². The number of aryl methyl sites for hydroxylation is 1. The van der Waals surface area contributed by atoms with Gasteiger partial charge in [-0.3, -0.25) is 4.79 Å². The predicted octanol–water partition coefficient (Wildman–Crippen LogP) is 2.03. The van der Waals surface area contributed by atoms with Gasteiger partial charge in [0.05, 0.1) is 6.20 Å². The lowest BCUT2D eigenvalue weighted by Gasteiger charge is -2.34. The number of halogens is 1. The number of piperidine rings is 1. The van der Waals surface area contributed by atoms with E-state index in [1.54, 1.807) is 24.5 Å². The number of amides is 1. The van der Waals surface area contributed by atoms with Gasteiger partial charge in [-0.15, -0.1) is 0 Å². The molecule has 0 saturated carbocycles. The topological polar surface area (TPSA) is 68.2 Å². The molecule has 2 N–H and O–H groups in total. The highest BCUT2D eigenvalue weighted by Crippen LogP contribution is 2.25. The van der Waals surface area contributed by atoms with Gasteiger partial charge in [0.2, 0.25) is 0 Å². The zero-order valence-corrected chi connectivity index (χ0v) is 13.8. The van der Waals surface area contributed by atoms with Gasteiger partial charge in [0.25, 0.3) is 5.91 Å². The highest BCUT2D eigenvalue weighted by Gasteiger charge is 2.39. The Balaban J connectivity index is 1.78. The van der Waals surface area contributed by atoms with Crippen molar-refractivity contribution in [2.75, 3.05) is 25.5 Å². The smallest absolute Gasteiger partial charge is 0.256 e. The first-order chi connectivity index (χ1) is 11.5. The average Bonchev–Trinajstić information content (AvgIpc) is 3.01. The van der Waals surface area contributed by atoms with Crippen molar-refractivity contribution in [1.82, 2.24) is 15.1 Å². The summed E-state index contributed by atoms with van der Waals surface area (Å²) >= 11 is 0. The number of nitrogens with zero attached hydrogens (tertiary/aromatic N) is 2. The Hall–Kier alpha value is -2.25. The average molecular weight is 332 g/mol. The van der Waals surface area contributed by atoms with E-state index < -0.39 is 11.4 Å². The molecule has 2 aromatic rings. The van der Waals surface area contributed by atoms with Crippen LogP contribution in [0, 0.1) is 12.7 Å². The van der Waals surface area contributed by atoms with Crippen molar-refractivity contribution in [3.05, 3.63) is 42.0 Å². The number of hydrogen-bond donors (Lipinski definition) is 2. The largest absolute Gasteiger partial charge is 0.368 e. The van der Waals surface area contributed by atoms with Gasteiger partial charge < -0.3 is 15.4 Å². The van der Waals surface area contributed by atoms with E-state index in [0.29, 0.717) is 37.3 Å². The lowest BCUT2D eigenvalue weighted by atomic mass is 9.91. The predicted molar refractivity (Wildman–Crippen MR) is 88.7 cm³/mol. The Bertz CT molecular complexity index is 738. The molecule has 0 unspecified atom stereocenters. The van der Waals surface area contributed by atoms with E-state index in [4.69, 9.17) is 4.74 Å². The van der Waals surface area contributed by atoms with Crippen molar-refractivity contribution in [3.63, 3.8) is 0 Å². The first-order valence-electron chi connectivity index (χ1n) is 7.93. The van der Waals surface area contributed by atoms with Crippen LogP contribution in [0.25, 0.3) is 5.69 Å². The second-order valence-electron chi connectivity index (χ2n) is 6.03. The molecule has 128 valence electrons. The number of ether oxygens (including phenoxy) is 1. The fourth-order valence-corrected chi connectivity index (χ4v) is 2.91. The maximum Gasteiger partial charge on any atom is 0.256 e. The minimum absolute atomic E-state index is 0.242. The van der Waals surface area contributed by atoms with Crippen LogP contribution in [0.1, 0.15) is 18.4 Å². The molecule has 2 heterocycles. The summed E-state index contributed by atoms with van der Waals surface area (Å²) < 4.78 is 21.3. The number of aromatic nitrogens is 2. The Morgan fingerprint density at radius 3 is 2.75 bits per heavy atom. The molecule has 0 atom stereocenters. The molecule has 0 bridgehead atoms. The van der Waals surface area contributed by atoms with E-state index in [2.05, 4.69) is 15.7 Å². The number of methoxy groups -OCH3 is 1. The third kappa shape index (κ3) is 3.18. The number of carbonyl (C=O) groups excluding carboxylic acids is 1. The molecule has 1 saturated heterocycles. The summed E-state index contributed by atoms with van der Waals surface area (Å²) in [5.74, 6) is -0.693. The maximum absolute atomic E-state index is 14.4. The van der Waals surface area contributed by atoms with Gasteiger partial charge in [-0.2, -0.15) is 5.10 Å². The molecule has 0 radical (unpaired) electrons. The Kier molecular flexibility index (Phi) is 4.64. The van der Waals surface area contributed by atoms with Crippen molar-refractivity contribution in [1.29, 1.82) is 0 Å². The SMILES string of the molecule is COC1(C(=O)Nc2ccc(-n3cc(C)cn3)c(F)c2)CCNCC1. The minimum atomic E-state index is -0.862. The molecular weight excluding hydrogens is 311 g/mol. The van der Waals surface area contributed by atoms with E-state index in [0.717, 1.165) is 5.56 Å². The van der Waals surface area contributed by atoms with E-state index in [9.17, 15) is 9.18 Å². The van der Waals surface area contributed by atoms with Gasteiger partial charge in [0.1, 0.15) is 11.3 Å². The van der Waals surface area contributed by atoms with Gasteiger partial charge in [-0.1, -0.05) is 0 Å². The molecule has 1 aliphatic rings. The Morgan fingerprint density at radius 2 is 2.17 bits per heavy atom. The molecule has 1 aliphatic heterocycles. The lowest BCUT2D eigenvalue weighted by molar-refractivity contribution is -0.140. The summed E-state index contributed by atoms with van der Waals surface area (Å²) in [6, 6.07) is 4.56. The summed E-state index contributed by atoms with van der Waals surface area (Å²) in [7, 11) is 1.54. The number of hydrogen-bond acceptors (Lipinski definition) is 4. The van der Waals surface area contributed by atoms with E-state index in [-0.39, 0.29) is 5.91 Å². The molecule has 1 amide bonds. The minimum Gasteiger partial charge on any atom is -0.368 e. The van der Waals surface area contributed by atoms with Gasteiger partial charge in [-0.05, 0) is 56.6 Å². The van der Waals surface area contributed by atoms with E-state index >= 15 is 0 Å². The number of nitrogens with one attached hydrogen (secondary N) is 2. The van der Waals surface area contributed by atoms with E-state index in [1.165, 1.54) is 17.9 Å². The summed E-state index contributed by atoms with van der Waals surface area (Å²) in [6.07, 6.45) is 4.57. The molecule has 0 spiro atoms. The van der Waals surface area contributed by atoms with Crippen molar-refractivity contribution in [3.8, 4) is 5.69 Å². The Labute approximate surface area is 140 Å². The molecule has 24 heavy (non-hydrogen) atoms. The second-order valence-corrected chi connectivity index (χ2v) is 6.03. The quantitative estimate of drug-likeness (QED) is 0.899. The number of anilines is 1. The molecule has 0 aliphatic carbocycles. The standard InChI is InChI=1S/C17H21FN4O2/c1-12-10-20-22(11-12)15-4-3-13(9-14(15)18)21-16(23)17(24-2)5-7-19-8-6-17/h3-4,9-11,19H,5-8H2,1-2H3,(H,21,23). The lowest BCUT2D eigenvalue weighted by Crippen LogP contribution is -2.51. The van der Waals surface area contributed by atoms with Crippen molar-refractivity contribution < 1.29 is 13.9 Å². The van der Waals surface area contributed by atoms with E-state index in [1.807, 2.05) is 6.92 Å². The van der Waals surface area contributed by atoms with Gasteiger partial charge >= 0.3 is 0 Å². The van der Waals surface area contributed by atoms with Crippen LogP contribution in [0.2, 0.25) is 0 Å². The highest BCUT2D eigenvalue weighted by atomic mass is 19.1. The van der Waals surface area contributed by atoms with Gasteiger partial charge in [0.15, 0.2) is 5.82 Å². The molecule has 6 nitrogen and oxygen atoms in total. The summed E-state index contributed by atoms with van der Waals surface area (Å²) in [5.41, 5.74) is 0.823. The monoisotopic (exact) mass is 332 g/mol. The van der Waals surface area contributed by atoms with Crippen LogP contribution in [-0.2, 0) is 9.53 Å². The van der Waals surface area contributed by atoms with Crippen LogP contribution in [0.15, 0.2) is 30.6 Å². The van der Waals surface area contributed by atoms with Crippen molar-refractivity contribution >= 4 is 11.6 Å². The maximum atomic E-state index is 14.4. The number of carbonyl (C=O) groups is 1.